The lowest BCUT2D eigenvalue weighted by Crippen LogP contribution is -2.49. The molecule has 2 aromatic rings. The topological polar surface area (TPSA) is 49.3 Å². The van der Waals surface area contributed by atoms with Gasteiger partial charge in [-0.25, -0.2) is 9.97 Å². The fourth-order valence-corrected chi connectivity index (χ4v) is 6.51. The van der Waals surface area contributed by atoms with Crippen LogP contribution < -0.4 is 4.90 Å². The van der Waals surface area contributed by atoms with Crippen LogP contribution in [-0.4, -0.2) is 47.0 Å². The summed E-state index contributed by atoms with van der Waals surface area (Å²) >= 11 is 1.92. The lowest BCUT2D eigenvalue weighted by atomic mass is 9.89. The molecule has 0 radical (unpaired) electrons. The van der Waals surface area contributed by atoms with Crippen LogP contribution in [0.1, 0.15) is 87.4 Å². The maximum absolute atomic E-state index is 12.6. The summed E-state index contributed by atoms with van der Waals surface area (Å²) in [5.41, 5.74) is 1.52. The number of anilines is 1. The van der Waals surface area contributed by atoms with Crippen LogP contribution >= 0.6 is 11.3 Å². The normalized spacial score (nSPS) is 21.5. The summed E-state index contributed by atoms with van der Waals surface area (Å²) in [5.74, 6) is 3.89. The van der Waals surface area contributed by atoms with E-state index in [4.69, 9.17) is 9.97 Å². The van der Waals surface area contributed by atoms with Gasteiger partial charge >= 0.3 is 0 Å². The molecule has 2 aliphatic carbocycles. The average molecular weight is 441 g/mol. The molecule has 0 N–H and O–H groups in total. The van der Waals surface area contributed by atoms with E-state index in [0.29, 0.717) is 18.2 Å². The summed E-state index contributed by atoms with van der Waals surface area (Å²) in [7, 11) is 0. The Morgan fingerprint density at radius 1 is 1.06 bits per heavy atom. The number of amides is 1. The molecule has 0 unspecified atom stereocenters. The molecule has 1 aliphatic heterocycles. The fraction of sp³-hybridized carbons (Fsp3) is 0.720. The van der Waals surface area contributed by atoms with E-state index < -0.39 is 0 Å². The second kappa shape index (κ2) is 9.05. The number of rotatable bonds is 7. The van der Waals surface area contributed by atoms with Crippen LogP contribution in [0.4, 0.5) is 5.82 Å². The lowest BCUT2D eigenvalue weighted by Gasteiger charge is -2.36. The van der Waals surface area contributed by atoms with E-state index >= 15 is 0 Å². The van der Waals surface area contributed by atoms with Gasteiger partial charge in [0.1, 0.15) is 16.5 Å². The van der Waals surface area contributed by atoms with Crippen LogP contribution in [-0.2, 0) is 17.6 Å². The van der Waals surface area contributed by atoms with Crippen LogP contribution in [0.15, 0.2) is 0 Å². The first-order valence-electron chi connectivity index (χ1n) is 12.5. The molecule has 0 bridgehead atoms. The van der Waals surface area contributed by atoms with Gasteiger partial charge in [0.25, 0.3) is 0 Å². The number of piperazine rings is 1. The van der Waals surface area contributed by atoms with Crippen molar-refractivity contribution < 1.29 is 4.79 Å². The van der Waals surface area contributed by atoms with Gasteiger partial charge in [0.2, 0.25) is 5.91 Å². The van der Waals surface area contributed by atoms with Gasteiger partial charge in [0.15, 0.2) is 0 Å². The van der Waals surface area contributed by atoms with E-state index in [0.717, 1.165) is 56.6 Å². The molecule has 31 heavy (non-hydrogen) atoms. The Morgan fingerprint density at radius 2 is 1.87 bits per heavy atom. The van der Waals surface area contributed by atoms with Crippen molar-refractivity contribution in [3.05, 3.63) is 16.3 Å². The summed E-state index contributed by atoms with van der Waals surface area (Å²) in [6.07, 6.45) is 11.4. The van der Waals surface area contributed by atoms with Crippen molar-refractivity contribution in [1.82, 2.24) is 14.9 Å². The highest BCUT2D eigenvalue weighted by Gasteiger charge is 2.32. The SMILES string of the molecule is CCCCCCC(=O)N1CCN(c2nc(C3CC3)nc3sc4c(c23)CC[C@H](C)C4)CC1. The van der Waals surface area contributed by atoms with Crippen LogP contribution in [0.3, 0.4) is 0 Å². The van der Waals surface area contributed by atoms with Crippen molar-refractivity contribution in [3.8, 4) is 0 Å². The van der Waals surface area contributed by atoms with Crippen molar-refractivity contribution in [2.75, 3.05) is 31.1 Å². The van der Waals surface area contributed by atoms with Gasteiger partial charge in [-0.3, -0.25) is 4.79 Å². The number of thiophene rings is 1. The Morgan fingerprint density at radius 3 is 2.61 bits per heavy atom. The molecular weight excluding hydrogens is 404 g/mol. The number of carbonyl (C=O) groups excluding carboxylic acids is 1. The number of aromatic nitrogens is 2. The third-order valence-electron chi connectivity index (χ3n) is 7.27. The van der Waals surface area contributed by atoms with Gasteiger partial charge in [0.05, 0.1) is 5.39 Å². The van der Waals surface area contributed by atoms with Crippen LogP contribution in [0.2, 0.25) is 0 Å². The predicted octanol–water partition coefficient (Wildman–Crippen LogP) is 5.31. The van der Waals surface area contributed by atoms with E-state index in [1.165, 1.54) is 65.6 Å². The van der Waals surface area contributed by atoms with Crippen molar-refractivity contribution in [1.29, 1.82) is 0 Å². The zero-order valence-corrected chi connectivity index (χ0v) is 20.0. The molecule has 5 rings (SSSR count). The number of hydrogen-bond donors (Lipinski definition) is 0. The Kier molecular flexibility index (Phi) is 6.18. The zero-order valence-electron chi connectivity index (χ0n) is 19.2. The largest absolute Gasteiger partial charge is 0.352 e. The summed E-state index contributed by atoms with van der Waals surface area (Å²) < 4.78 is 0. The van der Waals surface area contributed by atoms with E-state index in [1.807, 2.05) is 11.3 Å². The van der Waals surface area contributed by atoms with E-state index in [2.05, 4.69) is 23.6 Å². The van der Waals surface area contributed by atoms with Crippen molar-refractivity contribution >= 4 is 33.3 Å². The minimum absolute atomic E-state index is 0.337. The maximum atomic E-state index is 12.6. The number of nitrogens with zero attached hydrogens (tertiary/aromatic N) is 4. The lowest BCUT2D eigenvalue weighted by molar-refractivity contribution is -0.131. The van der Waals surface area contributed by atoms with Crippen LogP contribution in [0.5, 0.6) is 0 Å². The molecule has 3 heterocycles. The highest BCUT2D eigenvalue weighted by molar-refractivity contribution is 7.19. The highest BCUT2D eigenvalue weighted by Crippen LogP contribution is 2.44. The zero-order chi connectivity index (χ0) is 21.4. The average Bonchev–Trinajstić information content (AvgIpc) is 3.57. The quantitative estimate of drug-likeness (QED) is 0.547. The molecule has 1 saturated heterocycles. The minimum atomic E-state index is 0.337. The van der Waals surface area contributed by atoms with Crippen molar-refractivity contribution in [2.45, 2.75) is 84.0 Å². The number of aryl methyl sites for hydroxylation is 1. The highest BCUT2D eigenvalue weighted by atomic mass is 32.1. The number of hydrogen-bond acceptors (Lipinski definition) is 5. The van der Waals surface area contributed by atoms with Crippen LogP contribution in [0.25, 0.3) is 10.2 Å². The molecule has 2 fully saturated rings. The monoisotopic (exact) mass is 440 g/mol. The van der Waals surface area contributed by atoms with Gasteiger partial charge < -0.3 is 9.80 Å². The van der Waals surface area contributed by atoms with Gasteiger partial charge in [0, 0.05) is 43.4 Å². The van der Waals surface area contributed by atoms with Crippen molar-refractivity contribution in [2.24, 2.45) is 5.92 Å². The van der Waals surface area contributed by atoms with E-state index in [9.17, 15) is 4.79 Å². The third kappa shape index (κ3) is 4.46. The molecule has 1 saturated carbocycles. The first kappa shape index (κ1) is 21.2. The van der Waals surface area contributed by atoms with E-state index in [-0.39, 0.29) is 0 Å². The molecular formula is C25H36N4OS. The Balaban J connectivity index is 1.35. The molecule has 168 valence electrons. The summed E-state index contributed by atoms with van der Waals surface area (Å²) in [5, 5.41) is 1.33. The second-order valence-corrected chi connectivity index (χ2v) is 11.0. The molecule has 6 heteroatoms. The number of unbranched alkanes of at least 4 members (excludes halogenated alkanes) is 3. The van der Waals surface area contributed by atoms with Crippen molar-refractivity contribution in [3.63, 3.8) is 0 Å². The Bertz CT molecular complexity index is 943. The fourth-order valence-electron chi connectivity index (χ4n) is 5.12. The molecule has 5 nitrogen and oxygen atoms in total. The smallest absolute Gasteiger partial charge is 0.222 e. The maximum Gasteiger partial charge on any atom is 0.222 e. The first-order chi connectivity index (χ1) is 15.1. The first-order valence-corrected chi connectivity index (χ1v) is 13.3. The molecule has 3 aliphatic rings. The Hall–Kier alpha value is -1.69. The molecule has 2 aromatic heterocycles. The number of carbonyl (C=O) groups is 1. The van der Waals surface area contributed by atoms with Crippen LogP contribution in [0, 0.1) is 5.92 Å². The molecule has 1 atom stereocenters. The standard InChI is InChI=1S/C25H36N4OS/c1-3-4-5-6-7-21(30)28-12-14-29(15-13-28)24-22-19-11-8-17(2)16-20(19)31-25(22)27-23(26-24)18-9-10-18/h17-18H,3-16H2,1-2H3/t17-/m0/s1. The molecule has 0 aromatic carbocycles. The third-order valence-corrected chi connectivity index (χ3v) is 8.42. The van der Waals surface area contributed by atoms with Gasteiger partial charge in [-0.2, -0.15) is 0 Å². The molecule has 1 amide bonds. The predicted molar refractivity (Wildman–Crippen MR) is 128 cm³/mol. The summed E-state index contributed by atoms with van der Waals surface area (Å²) in [6, 6.07) is 0. The molecule has 0 spiro atoms. The van der Waals surface area contributed by atoms with E-state index in [1.54, 1.807) is 0 Å². The number of fused-ring (bicyclic) bond motifs is 3. The van der Waals surface area contributed by atoms with Gasteiger partial charge in [-0.05, 0) is 50.0 Å². The van der Waals surface area contributed by atoms with Gasteiger partial charge in [-0.15, -0.1) is 11.3 Å². The second-order valence-electron chi connectivity index (χ2n) is 9.89. The summed E-state index contributed by atoms with van der Waals surface area (Å²) in [6.45, 7) is 8.00. The van der Waals surface area contributed by atoms with Gasteiger partial charge in [-0.1, -0.05) is 33.1 Å². The minimum Gasteiger partial charge on any atom is -0.352 e. The summed E-state index contributed by atoms with van der Waals surface area (Å²) in [4.78, 5) is 30.1. The Labute approximate surface area is 190 Å².